The van der Waals surface area contributed by atoms with E-state index in [1.807, 2.05) is 32.9 Å². The van der Waals surface area contributed by atoms with Gasteiger partial charge in [0.05, 0.1) is 14.2 Å². The summed E-state index contributed by atoms with van der Waals surface area (Å²) in [4.78, 5) is 13.6. The number of benzene rings is 1. The van der Waals surface area contributed by atoms with Crippen molar-refractivity contribution < 1.29 is 19.0 Å². The molecule has 1 heterocycles. The molecule has 134 valence electrons. The van der Waals surface area contributed by atoms with Gasteiger partial charge in [0.1, 0.15) is 17.1 Å². The molecular formula is C17H25BrN2O4. The fraction of sp³-hybridized carbons (Fsp3) is 0.588. The predicted molar refractivity (Wildman–Crippen MR) is 95.7 cm³/mol. The summed E-state index contributed by atoms with van der Waals surface area (Å²) in [6.07, 6.45) is -0.264. The van der Waals surface area contributed by atoms with Gasteiger partial charge >= 0.3 is 6.09 Å². The summed E-state index contributed by atoms with van der Waals surface area (Å²) in [5.41, 5.74) is 0.493. The fourth-order valence-corrected chi connectivity index (χ4v) is 2.87. The van der Waals surface area contributed by atoms with E-state index >= 15 is 0 Å². The molecule has 0 radical (unpaired) electrons. The van der Waals surface area contributed by atoms with E-state index in [-0.39, 0.29) is 12.1 Å². The topological polar surface area (TPSA) is 60.0 Å². The van der Waals surface area contributed by atoms with E-state index in [4.69, 9.17) is 14.2 Å². The molecule has 1 aliphatic heterocycles. The summed E-state index contributed by atoms with van der Waals surface area (Å²) >= 11 is 3.44. The van der Waals surface area contributed by atoms with Crippen LogP contribution in [-0.4, -0.2) is 49.9 Å². The standard InChI is InChI=1S/C17H25BrN2O4/c1-17(2,3)24-16(21)20-9-12(10-20)19-8-13-14(22-4)6-11(18)7-15(13)23-5/h6-7,12,19H,8-10H2,1-5H3. The van der Waals surface area contributed by atoms with Gasteiger partial charge in [0.2, 0.25) is 0 Å². The third-order valence-corrected chi connectivity index (χ3v) is 4.13. The van der Waals surface area contributed by atoms with Gasteiger partial charge < -0.3 is 24.4 Å². The number of halogens is 1. The minimum absolute atomic E-state index is 0.232. The van der Waals surface area contributed by atoms with Crippen LogP contribution in [0.2, 0.25) is 0 Å². The van der Waals surface area contributed by atoms with Gasteiger partial charge in [0.15, 0.2) is 0 Å². The number of hydrogen-bond acceptors (Lipinski definition) is 5. The van der Waals surface area contributed by atoms with Gasteiger partial charge in [-0.15, -0.1) is 0 Å². The van der Waals surface area contributed by atoms with Crippen LogP contribution < -0.4 is 14.8 Å². The average molecular weight is 401 g/mol. The van der Waals surface area contributed by atoms with Crippen molar-refractivity contribution in [2.24, 2.45) is 0 Å². The van der Waals surface area contributed by atoms with Crippen molar-refractivity contribution >= 4 is 22.0 Å². The van der Waals surface area contributed by atoms with Crippen LogP contribution in [0.25, 0.3) is 0 Å². The average Bonchev–Trinajstić information content (AvgIpc) is 2.43. The van der Waals surface area contributed by atoms with Gasteiger partial charge in [0, 0.05) is 35.7 Å². The smallest absolute Gasteiger partial charge is 0.410 e. The van der Waals surface area contributed by atoms with Gasteiger partial charge in [-0.2, -0.15) is 0 Å². The quantitative estimate of drug-likeness (QED) is 0.822. The molecule has 7 heteroatoms. The number of likely N-dealkylation sites (tertiary alicyclic amines) is 1. The van der Waals surface area contributed by atoms with E-state index in [2.05, 4.69) is 21.2 Å². The lowest BCUT2D eigenvalue weighted by atomic mass is 10.1. The zero-order valence-corrected chi connectivity index (χ0v) is 16.4. The molecule has 0 saturated carbocycles. The maximum absolute atomic E-state index is 11.9. The Hall–Kier alpha value is -1.47. The minimum Gasteiger partial charge on any atom is -0.496 e. The zero-order chi connectivity index (χ0) is 17.9. The molecule has 0 aromatic heterocycles. The Morgan fingerprint density at radius 2 is 1.79 bits per heavy atom. The van der Waals surface area contributed by atoms with E-state index in [1.165, 1.54) is 0 Å². The normalized spacial score (nSPS) is 15.0. The highest BCUT2D eigenvalue weighted by Crippen LogP contribution is 2.33. The summed E-state index contributed by atoms with van der Waals surface area (Å²) in [6, 6.07) is 4.05. The number of methoxy groups -OCH3 is 2. The molecule has 0 bridgehead atoms. The van der Waals surface area contributed by atoms with Gasteiger partial charge in [-0.25, -0.2) is 4.79 Å². The lowest BCUT2D eigenvalue weighted by Crippen LogP contribution is -2.60. The molecule has 24 heavy (non-hydrogen) atoms. The summed E-state index contributed by atoms with van der Waals surface area (Å²) < 4.78 is 17.1. The molecule has 1 N–H and O–H groups in total. The SMILES string of the molecule is COc1cc(Br)cc(OC)c1CNC1CN(C(=O)OC(C)(C)C)C1. The number of carbonyl (C=O) groups excluding carboxylic acids is 1. The molecule has 1 saturated heterocycles. The van der Waals surface area contributed by atoms with Crippen molar-refractivity contribution in [3.8, 4) is 11.5 Å². The molecule has 0 unspecified atom stereocenters. The van der Waals surface area contributed by atoms with Crippen LogP contribution in [0, 0.1) is 0 Å². The van der Waals surface area contributed by atoms with Crippen LogP contribution in [-0.2, 0) is 11.3 Å². The van der Waals surface area contributed by atoms with Crippen molar-refractivity contribution in [3.63, 3.8) is 0 Å². The third kappa shape index (κ3) is 4.77. The molecule has 0 aliphatic carbocycles. The first-order valence-electron chi connectivity index (χ1n) is 7.85. The molecule has 1 amide bonds. The van der Waals surface area contributed by atoms with E-state index in [0.29, 0.717) is 19.6 Å². The van der Waals surface area contributed by atoms with Gasteiger partial charge in [-0.1, -0.05) is 15.9 Å². The van der Waals surface area contributed by atoms with Crippen LogP contribution in [0.3, 0.4) is 0 Å². The molecule has 2 rings (SSSR count). The highest BCUT2D eigenvalue weighted by Gasteiger charge is 2.33. The van der Waals surface area contributed by atoms with E-state index in [0.717, 1.165) is 21.5 Å². The van der Waals surface area contributed by atoms with Crippen molar-refractivity contribution in [2.75, 3.05) is 27.3 Å². The Kier molecular flexibility index (Phi) is 5.98. The van der Waals surface area contributed by atoms with E-state index in [1.54, 1.807) is 19.1 Å². The summed E-state index contributed by atoms with van der Waals surface area (Å²) in [5, 5.41) is 3.43. The van der Waals surface area contributed by atoms with E-state index < -0.39 is 5.60 Å². The Morgan fingerprint density at radius 1 is 1.25 bits per heavy atom. The Morgan fingerprint density at radius 3 is 2.25 bits per heavy atom. The maximum Gasteiger partial charge on any atom is 0.410 e. The molecular weight excluding hydrogens is 376 g/mol. The number of ether oxygens (including phenoxy) is 3. The molecule has 0 spiro atoms. The van der Waals surface area contributed by atoms with Crippen LogP contribution in [0.15, 0.2) is 16.6 Å². The Labute approximate surface area is 151 Å². The van der Waals surface area contributed by atoms with Crippen LogP contribution in [0.4, 0.5) is 4.79 Å². The number of nitrogens with zero attached hydrogens (tertiary/aromatic N) is 1. The molecule has 1 fully saturated rings. The molecule has 1 aromatic carbocycles. The highest BCUT2D eigenvalue weighted by atomic mass is 79.9. The first kappa shape index (κ1) is 18.9. The number of rotatable bonds is 5. The summed E-state index contributed by atoms with van der Waals surface area (Å²) in [6.45, 7) is 7.48. The van der Waals surface area contributed by atoms with Gasteiger partial charge in [0.25, 0.3) is 0 Å². The van der Waals surface area contributed by atoms with Crippen molar-refractivity contribution in [3.05, 3.63) is 22.2 Å². The lowest BCUT2D eigenvalue weighted by Gasteiger charge is -2.40. The van der Waals surface area contributed by atoms with Crippen LogP contribution in [0.1, 0.15) is 26.3 Å². The molecule has 1 aromatic rings. The second kappa shape index (κ2) is 7.61. The second-order valence-electron chi connectivity index (χ2n) is 6.75. The van der Waals surface area contributed by atoms with Crippen molar-refractivity contribution in [1.82, 2.24) is 10.2 Å². The zero-order valence-electron chi connectivity index (χ0n) is 14.8. The van der Waals surface area contributed by atoms with Gasteiger partial charge in [-0.05, 0) is 32.9 Å². The fourth-order valence-electron chi connectivity index (χ4n) is 2.46. The molecule has 1 aliphatic rings. The number of hydrogen-bond donors (Lipinski definition) is 1. The number of amides is 1. The number of nitrogens with one attached hydrogen (secondary N) is 1. The van der Waals surface area contributed by atoms with Crippen LogP contribution in [0.5, 0.6) is 11.5 Å². The van der Waals surface area contributed by atoms with Crippen LogP contribution >= 0.6 is 15.9 Å². The largest absolute Gasteiger partial charge is 0.496 e. The van der Waals surface area contributed by atoms with Gasteiger partial charge in [-0.3, -0.25) is 0 Å². The highest BCUT2D eigenvalue weighted by molar-refractivity contribution is 9.10. The summed E-state index contributed by atoms with van der Waals surface area (Å²) in [7, 11) is 3.27. The predicted octanol–water partition coefficient (Wildman–Crippen LogP) is 3.18. The monoisotopic (exact) mass is 400 g/mol. The number of carbonyl (C=O) groups is 1. The maximum atomic E-state index is 11.9. The molecule has 0 atom stereocenters. The van der Waals surface area contributed by atoms with Crippen molar-refractivity contribution in [2.45, 2.75) is 39.0 Å². The summed E-state index contributed by atoms with van der Waals surface area (Å²) in [5.74, 6) is 1.52. The molecule has 6 nitrogen and oxygen atoms in total. The first-order valence-corrected chi connectivity index (χ1v) is 8.64. The lowest BCUT2D eigenvalue weighted by molar-refractivity contribution is 0.00514. The Balaban J connectivity index is 1.89. The second-order valence-corrected chi connectivity index (χ2v) is 7.67. The Bertz CT molecular complexity index is 570. The van der Waals surface area contributed by atoms with Crippen molar-refractivity contribution in [1.29, 1.82) is 0 Å². The third-order valence-electron chi connectivity index (χ3n) is 3.67. The van der Waals surface area contributed by atoms with E-state index in [9.17, 15) is 4.79 Å². The minimum atomic E-state index is -0.465. The first-order chi connectivity index (χ1) is 11.2.